The number of carbonyl (C=O) groups is 1. The Kier molecular flexibility index (Phi) is 2.63. The molecule has 2 saturated heterocycles. The first-order chi connectivity index (χ1) is 8.24. The lowest BCUT2D eigenvalue weighted by atomic mass is 9.90. The first-order valence-electron chi connectivity index (χ1n) is 6.17. The molecule has 5 heteroatoms. The average molecular weight is 235 g/mol. The van der Waals surface area contributed by atoms with Gasteiger partial charge in [-0.2, -0.15) is 0 Å². The lowest BCUT2D eigenvalue weighted by Crippen LogP contribution is -2.35. The van der Waals surface area contributed by atoms with Crippen LogP contribution in [0.25, 0.3) is 0 Å². The summed E-state index contributed by atoms with van der Waals surface area (Å²) in [5.41, 5.74) is 0.756. The topological polar surface area (TPSA) is 58.4 Å². The minimum Gasteiger partial charge on any atom is -0.351 e. The molecule has 3 rings (SSSR count). The molecule has 2 aliphatic rings. The van der Waals surface area contributed by atoms with E-state index in [1.165, 1.54) is 6.42 Å². The lowest BCUT2D eigenvalue weighted by Gasteiger charge is -2.23. The predicted octanol–water partition coefficient (Wildman–Crippen LogP) is 0.665. The highest BCUT2D eigenvalue weighted by atomic mass is 16.5. The molecular weight excluding hydrogens is 218 g/mol. The Labute approximate surface area is 100 Å². The Morgan fingerprint density at radius 3 is 3.06 bits per heavy atom. The van der Waals surface area contributed by atoms with Gasteiger partial charge >= 0.3 is 0 Å². The van der Waals surface area contributed by atoms with Crippen LogP contribution in [0.5, 0.6) is 0 Å². The van der Waals surface area contributed by atoms with Crippen molar-refractivity contribution in [2.24, 2.45) is 11.8 Å². The van der Waals surface area contributed by atoms with Crippen LogP contribution in [0.15, 0.2) is 10.6 Å². The second kappa shape index (κ2) is 4.14. The molecular formula is C12H17N3O2. The largest absolute Gasteiger partial charge is 0.351 e. The minimum atomic E-state index is -0.0139. The van der Waals surface area contributed by atoms with Crippen LogP contribution in [0.2, 0.25) is 0 Å². The van der Waals surface area contributed by atoms with E-state index in [1.807, 2.05) is 11.8 Å². The fourth-order valence-electron chi connectivity index (χ4n) is 2.86. The summed E-state index contributed by atoms with van der Waals surface area (Å²) in [4.78, 5) is 14.1. The second-order valence-corrected chi connectivity index (χ2v) is 5.06. The van der Waals surface area contributed by atoms with Crippen molar-refractivity contribution < 1.29 is 9.32 Å². The van der Waals surface area contributed by atoms with Crippen molar-refractivity contribution in [1.29, 1.82) is 0 Å². The summed E-state index contributed by atoms with van der Waals surface area (Å²) in [5, 5.41) is 7.15. The number of amides is 1. The molecule has 2 unspecified atom stereocenters. The van der Waals surface area contributed by atoms with Crippen LogP contribution >= 0.6 is 0 Å². The van der Waals surface area contributed by atoms with E-state index in [1.54, 1.807) is 6.07 Å². The van der Waals surface area contributed by atoms with E-state index in [2.05, 4.69) is 10.5 Å². The zero-order chi connectivity index (χ0) is 11.8. The van der Waals surface area contributed by atoms with Gasteiger partial charge in [-0.15, -0.1) is 0 Å². The Bertz CT molecular complexity index is 415. The molecule has 3 heterocycles. The van der Waals surface area contributed by atoms with Crippen LogP contribution in [0.4, 0.5) is 0 Å². The van der Waals surface area contributed by atoms with E-state index in [0.29, 0.717) is 17.6 Å². The fourth-order valence-corrected chi connectivity index (χ4v) is 2.86. The fraction of sp³-hybridized carbons (Fsp3) is 0.667. The van der Waals surface area contributed by atoms with Crippen molar-refractivity contribution in [2.75, 3.05) is 26.2 Å². The summed E-state index contributed by atoms with van der Waals surface area (Å²) < 4.78 is 5.04. The Morgan fingerprint density at radius 2 is 2.35 bits per heavy atom. The number of piperidine rings is 1. The first-order valence-corrected chi connectivity index (χ1v) is 6.17. The third-order valence-electron chi connectivity index (χ3n) is 3.80. The summed E-state index contributed by atoms with van der Waals surface area (Å²) in [6.07, 6.45) is 1.17. The number of fused-ring (bicyclic) bond motifs is 1. The van der Waals surface area contributed by atoms with Gasteiger partial charge in [-0.1, -0.05) is 5.16 Å². The van der Waals surface area contributed by atoms with Crippen molar-refractivity contribution >= 4 is 5.91 Å². The molecule has 1 N–H and O–H groups in total. The summed E-state index contributed by atoms with van der Waals surface area (Å²) in [6.45, 7) is 5.64. The number of nitrogens with one attached hydrogen (secondary N) is 1. The third kappa shape index (κ3) is 1.95. The molecule has 1 aromatic rings. The molecule has 17 heavy (non-hydrogen) atoms. The number of aromatic nitrogens is 1. The highest BCUT2D eigenvalue weighted by Crippen LogP contribution is 2.29. The molecule has 0 spiro atoms. The van der Waals surface area contributed by atoms with E-state index in [-0.39, 0.29) is 5.91 Å². The highest BCUT2D eigenvalue weighted by molar-refractivity contribution is 5.91. The number of carbonyl (C=O) groups excluding carboxylic acids is 1. The molecule has 92 valence electrons. The smallest absolute Gasteiger partial charge is 0.292 e. The number of hydrogen-bond acceptors (Lipinski definition) is 4. The van der Waals surface area contributed by atoms with E-state index in [4.69, 9.17) is 4.52 Å². The van der Waals surface area contributed by atoms with Crippen molar-refractivity contribution in [3.8, 4) is 0 Å². The molecule has 2 aliphatic heterocycles. The molecule has 0 radical (unpaired) electrons. The summed E-state index contributed by atoms with van der Waals surface area (Å²) in [7, 11) is 0. The summed E-state index contributed by atoms with van der Waals surface area (Å²) >= 11 is 0. The summed E-state index contributed by atoms with van der Waals surface area (Å²) in [6, 6.07) is 1.71. The van der Waals surface area contributed by atoms with Crippen molar-refractivity contribution in [2.45, 2.75) is 13.3 Å². The van der Waals surface area contributed by atoms with Gasteiger partial charge in [0.25, 0.3) is 5.91 Å². The monoisotopic (exact) mass is 235 g/mol. The van der Waals surface area contributed by atoms with Gasteiger partial charge in [0.2, 0.25) is 5.76 Å². The number of nitrogens with zero attached hydrogens (tertiary/aromatic N) is 2. The molecule has 0 aromatic carbocycles. The van der Waals surface area contributed by atoms with Gasteiger partial charge in [-0.25, -0.2) is 0 Å². The Hall–Kier alpha value is -1.36. The molecule has 2 atom stereocenters. The van der Waals surface area contributed by atoms with Crippen LogP contribution in [0.3, 0.4) is 0 Å². The van der Waals surface area contributed by atoms with Crippen molar-refractivity contribution in [3.63, 3.8) is 0 Å². The van der Waals surface area contributed by atoms with Crippen molar-refractivity contribution in [3.05, 3.63) is 17.5 Å². The van der Waals surface area contributed by atoms with Crippen LogP contribution in [-0.2, 0) is 0 Å². The quantitative estimate of drug-likeness (QED) is 0.777. The average Bonchev–Trinajstić information content (AvgIpc) is 2.93. The standard InChI is InChI=1S/C12H17N3O2/c1-8-4-11(17-14-8)12(16)15-6-9-2-3-13-5-10(9)7-15/h4,9-10,13H,2-3,5-7H2,1H3. The summed E-state index contributed by atoms with van der Waals surface area (Å²) in [5.74, 6) is 1.62. The molecule has 0 bridgehead atoms. The number of likely N-dealkylation sites (tertiary alicyclic amines) is 1. The van der Waals surface area contributed by atoms with Gasteiger partial charge in [-0.05, 0) is 38.3 Å². The van der Waals surface area contributed by atoms with Crippen LogP contribution in [-0.4, -0.2) is 42.1 Å². The van der Waals surface area contributed by atoms with E-state index < -0.39 is 0 Å². The second-order valence-electron chi connectivity index (χ2n) is 5.06. The Balaban J connectivity index is 1.71. The number of aryl methyl sites for hydroxylation is 1. The molecule has 1 aromatic heterocycles. The molecule has 0 aliphatic carbocycles. The zero-order valence-corrected chi connectivity index (χ0v) is 9.98. The molecule has 5 nitrogen and oxygen atoms in total. The maximum Gasteiger partial charge on any atom is 0.292 e. The van der Waals surface area contributed by atoms with Crippen LogP contribution in [0.1, 0.15) is 22.7 Å². The predicted molar refractivity (Wildman–Crippen MR) is 61.6 cm³/mol. The van der Waals surface area contributed by atoms with Gasteiger partial charge in [0, 0.05) is 19.2 Å². The van der Waals surface area contributed by atoms with Gasteiger partial charge in [-0.3, -0.25) is 4.79 Å². The highest BCUT2D eigenvalue weighted by Gasteiger charge is 2.37. The normalized spacial score (nSPS) is 28.2. The van der Waals surface area contributed by atoms with E-state index >= 15 is 0 Å². The zero-order valence-electron chi connectivity index (χ0n) is 9.98. The first kappa shape index (κ1) is 10.8. The number of hydrogen-bond donors (Lipinski definition) is 1. The molecule has 1 amide bonds. The maximum absolute atomic E-state index is 12.2. The van der Waals surface area contributed by atoms with Crippen molar-refractivity contribution in [1.82, 2.24) is 15.4 Å². The molecule has 0 saturated carbocycles. The van der Waals surface area contributed by atoms with E-state index in [9.17, 15) is 4.79 Å². The van der Waals surface area contributed by atoms with Gasteiger partial charge < -0.3 is 14.7 Å². The van der Waals surface area contributed by atoms with E-state index in [0.717, 1.165) is 31.9 Å². The number of rotatable bonds is 1. The SMILES string of the molecule is Cc1cc(C(=O)N2CC3CCNCC3C2)on1. The maximum atomic E-state index is 12.2. The Morgan fingerprint density at radius 1 is 1.53 bits per heavy atom. The van der Waals surface area contributed by atoms with Gasteiger partial charge in [0.15, 0.2) is 0 Å². The minimum absolute atomic E-state index is 0.0139. The van der Waals surface area contributed by atoms with Gasteiger partial charge in [0.1, 0.15) is 0 Å². The lowest BCUT2D eigenvalue weighted by molar-refractivity contribution is 0.0743. The van der Waals surface area contributed by atoms with Crippen LogP contribution in [0, 0.1) is 18.8 Å². The van der Waals surface area contributed by atoms with Crippen LogP contribution < -0.4 is 5.32 Å². The van der Waals surface area contributed by atoms with Gasteiger partial charge in [0.05, 0.1) is 5.69 Å². The third-order valence-corrected chi connectivity index (χ3v) is 3.80. The molecule has 2 fully saturated rings.